The maximum Gasteiger partial charge on any atom is 0.251 e. The molecule has 30 heavy (non-hydrogen) atoms. The summed E-state index contributed by atoms with van der Waals surface area (Å²) >= 11 is 0. The van der Waals surface area contributed by atoms with Gasteiger partial charge in [-0.1, -0.05) is 26.0 Å². The van der Waals surface area contributed by atoms with Gasteiger partial charge in [0.1, 0.15) is 5.60 Å². The van der Waals surface area contributed by atoms with E-state index >= 15 is 0 Å². The normalized spacial score (nSPS) is 25.1. The lowest BCUT2D eigenvalue weighted by molar-refractivity contribution is -0.138. The second-order valence-electron chi connectivity index (χ2n) is 9.82. The number of rotatable bonds is 8. The zero-order chi connectivity index (χ0) is 21.9. The number of piperazine rings is 1. The first-order valence-electron chi connectivity index (χ1n) is 11.9. The first-order valence-corrected chi connectivity index (χ1v) is 11.9. The highest BCUT2D eigenvalue weighted by atomic mass is 16.3. The van der Waals surface area contributed by atoms with Gasteiger partial charge >= 0.3 is 0 Å². The van der Waals surface area contributed by atoms with Gasteiger partial charge in [0.05, 0.1) is 0 Å². The molecule has 0 unspecified atom stereocenters. The third-order valence-corrected chi connectivity index (χ3v) is 6.98. The van der Waals surface area contributed by atoms with Crippen molar-refractivity contribution >= 4 is 11.6 Å². The monoisotopic (exact) mass is 415 g/mol. The molecule has 168 valence electrons. The van der Waals surface area contributed by atoms with Crippen LogP contribution in [0.25, 0.3) is 0 Å². The summed E-state index contributed by atoms with van der Waals surface area (Å²) in [6.45, 7) is 14.4. The van der Waals surface area contributed by atoms with E-state index in [0.717, 1.165) is 51.9 Å². The largest absolute Gasteiger partial charge is 0.381 e. The fourth-order valence-corrected chi connectivity index (χ4v) is 5.04. The van der Waals surface area contributed by atoms with Crippen LogP contribution in [0.15, 0.2) is 18.2 Å². The second kappa shape index (κ2) is 9.69. The molecule has 1 heterocycles. The number of hydrogen-bond acceptors (Lipinski definition) is 4. The SMILES string of the molecule is CCc1cccc(N2CCN(CCC3CC(NC(=O)C(C)(C)O)C3)C[C@H]2C)c1CC. The molecule has 0 aromatic heterocycles. The summed E-state index contributed by atoms with van der Waals surface area (Å²) in [7, 11) is 0. The molecule has 1 amide bonds. The van der Waals surface area contributed by atoms with Gasteiger partial charge in [-0.2, -0.15) is 0 Å². The predicted octanol–water partition coefficient (Wildman–Crippen LogP) is 3.38. The fourth-order valence-electron chi connectivity index (χ4n) is 5.04. The Labute approximate surface area is 182 Å². The van der Waals surface area contributed by atoms with Gasteiger partial charge in [0, 0.05) is 37.4 Å². The van der Waals surface area contributed by atoms with Crippen LogP contribution in [0.1, 0.15) is 65.0 Å². The van der Waals surface area contributed by atoms with Gasteiger partial charge in [-0.25, -0.2) is 0 Å². The molecule has 5 heteroatoms. The summed E-state index contributed by atoms with van der Waals surface area (Å²) in [5, 5.41) is 12.7. The Bertz CT molecular complexity index is 722. The number of nitrogens with one attached hydrogen (secondary N) is 1. The Hall–Kier alpha value is -1.59. The minimum atomic E-state index is -1.28. The zero-order valence-corrected chi connectivity index (χ0v) is 19.6. The number of nitrogens with zero attached hydrogens (tertiary/aromatic N) is 2. The Morgan fingerprint density at radius 3 is 2.53 bits per heavy atom. The molecule has 0 spiro atoms. The van der Waals surface area contributed by atoms with Crippen molar-refractivity contribution in [3.8, 4) is 0 Å². The fraction of sp³-hybridized carbons (Fsp3) is 0.720. The van der Waals surface area contributed by atoms with Crippen LogP contribution in [0.5, 0.6) is 0 Å². The lowest BCUT2D eigenvalue weighted by Crippen LogP contribution is -2.53. The van der Waals surface area contributed by atoms with Gasteiger partial charge < -0.3 is 15.3 Å². The highest BCUT2D eigenvalue weighted by molar-refractivity contribution is 5.84. The van der Waals surface area contributed by atoms with E-state index in [2.05, 4.69) is 54.1 Å². The molecule has 2 fully saturated rings. The molecule has 1 aromatic rings. The minimum Gasteiger partial charge on any atom is -0.381 e. The molecule has 3 rings (SSSR count). The molecule has 1 atom stereocenters. The predicted molar refractivity (Wildman–Crippen MR) is 124 cm³/mol. The topological polar surface area (TPSA) is 55.8 Å². The van der Waals surface area contributed by atoms with Crippen molar-refractivity contribution in [3.63, 3.8) is 0 Å². The summed E-state index contributed by atoms with van der Waals surface area (Å²) in [6, 6.07) is 7.56. The molecule has 0 radical (unpaired) electrons. The highest BCUT2D eigenvalue weighted by Gasteiger charge is 2.34. The molecular formula is C25H41N3O2. The number of hydrogen-bond donors (Lipinski definition) is 2. The quantitative estimate of drug-likeness (QED) is 0.683. The first kappa shape index (κ1) is 23.1. The smallest absolute Gasteiger partial charge is 0.251 e. The Morgan fingerprint density at radius 1 is 1.20 bits per heavy atom. The Balaban J connectivity index is 1.44. The summed E-state index contributed by atoms with van der Waals surface area (Å²) in [5.74, 6) is 0.438. The molecule has 1 saturated carbocycles. The van der Waals surface area contributed by atoms with Crippen LogP contribution in [0.2, 0.25) is 0 Å². The molecule has 1 aliphatic heterocycles. The molecular weight excluding hydrogens is 374 g/mol. The van der Waals surface area contributed by atoms with E-state index in [-0.39, 0.29) is 11.9 Å². The van der Waals surface area contributed by atoms with E-state index in [4.69, 9.17) is 0 Å². The molecule has 1 aromatic carbocycles. The number of carbonyl (C=O) groups excluding carboxylic acids is 1. The van der Waals surface area contributed by atoms with Crippen molar-refractivity contribution in [1.29, 1.82) is 0 Å². The zero-order valence-electron chi connectivity index (χ0n) is 19.6. The summed E-state index contributed by atoms with van der Waals surface area (Å²) in [4.78, 5) is 17.1. The van der Waals surface area contributed by atoms with Crippen molar-refractivity contribution in [2.24, 2.45) is 5.92 Å². The standard InChI is InChI=1S/C25H41N3O2/c1-6-20-9-8-10-23(22(20)7-2)28-14-13-27(17-18(28)3)12-11-19-15-21(16-19)26-24(29)25(4,5)30/h8-10,18-19,21,30H,6-7,11-17H2,1-5H3,(H,26,29)/t18-,19?,21?/m1/s1. The molecule has 5 nitrogen and oxygen atoms in total. The number of aryl methyl sites for hydroxylation is 1. The van der Waals surface area contributed by atoms with E-state index in [1.165, 1.54) is 23.2 Å². The highest BCUT2D eigenvalue weighted by Crippen LogP contribution is 2.32. The lowest BCUT2D eigenvalue weighted by Gasteiger charge is -2.43. The van der Waals surface area contributed by atoms with E-state index in [9.17, 15) is 9.90 Å². The number of carbonyl (C=O) groups is 1. The van der Waals surface area contributed by atoms with Gasteiger partial charge in [-0.15, -0.1) is 0 Å². The van der Waals surface area contributed by atoms with Crippen LogP contribution in [-0.4, -0.2) is 59.8 Å². The molecule has 0 bridgehead atoms. The third-order valence-electron chi connectivity index (χ3n) is 6.98. The first-order chi connectivity index (χ1) is 14.2. The van der Waals surface area contributed by atoms with Gasteiger partial charge in [0.25, 0.3) is 5.91 Å². The molecule has 2 N–H and O–H groups in total. The van der Waals surface area contributed by atoms with Crippen molar-refractivity contribution < 1.29 is 9.90 Å². The number of amides is 1. The van der Waals surface area contributed by atoms with Crippen molar-refractivity contribution in [3.05, 3.63) is 29.3 Å². The average molecular weight is 416 g/mol. The Kier molecular flexibility index (Phi) is 7.46. The Morgan fingerprint density at radius 2 is 1.93 bits per heavy atom. The van der Waals surface area contributed by atoms with Crippen molar-refractivity contribution in [2.75, 3.05) is 31.1 Å². The minimum absolute atomic E-state index is 0.239. The van der Waals surface area contributed by atoms with E-state index in [1.54, 1.807) is 13.8 Å². The van der Waals surface area contributed by atoms with Crippen LogP contribution in [0.3, 0.4) is 0 Å². The summed E-state index contributed by atoms with van der Waals surface area (Å²) in [5.41, 5.74) is 3.16. The molecule has 2 aliphatic rings. The number of benzene rings is 1. The van der Waals surface area contributed by atoms with Crippen LogP contribution >= 0.6 is 0 Å². The maximum absolute atomic E-state index is 11.9. The van der Waals surface area contributed by atoms with Crippen LogP contribution < -0.4 is 10.2 Å². The van der Waals surface area contributed by atoms with Crippen molar-refractivity contribution in [1.82, 2.24) is 10.2 Å². The van der Waals surface area contributed by atoms with Gasteiger partial charge in [-0.3, -0.25) is 9.69 Å². The molecule has 1 saturated heterocycles. The average Bonchev–Trinajstić information content (AvgIpc) is 2.68. The van der Waals surface area contributed by atoms with Gasteiger partial charge in [-0.05, 0) is 82.5 Å². The van der Waals surface area contributed by atoms with Crippen LogP contribution in [0, 0.1) is 5.92 Å². The number of anilines is 1. The van der Waals surface area contributed by atoms with Gasteiger partial charge in [0.15, 0.2) is 0 Å². The van der Waals surface area contributed by atoms with E-state index in [0.29, 0.717) is 12.0 Å². The van der Waals surface area contributed by atoms with E-state index in [1.807, 2.05) is 0 Å². The molecule has 1 aliphatic carbocycles. The lowest BCUT2D eigenvalue weighted by atomic mass is 9.78. The van der Waals surface area contributed by atoms with E-state index < -0.39 is 5.60 Å². The summed E-state index contributed by atoms with van der Waals surface area (Å²) in [6.07, 6.45) is 5.48. The van der Waals surface area contributed by atoms with Crippen molar-refractivity contribution in [2.45, 2.75) is 84.4 Å². The van der Waals surface area contributed by atoms with Gasteiger partial charge in [0.2, 0.25) is 0 Å². The number of aliphatic hydroxyl groups is 1. The van der Waals surface area contributed by atoms with Crippen LogP contribution in [0.4, 0.5) is 5.69 Å². The third kappa shape index (κ3) is 5.36. The maximum atomic E-state index is 11.9. The van der Waals surface area contributed by atoms with Crippen LogP contribution in [-0.2, 0) is 17.6 Å². The summed E-state index contributed by atoms with van der Waals surface area (Å²) < 4.78 is 0. The second-order valence-corrected chi connectivity index (χ2v) is 9.82.